The molecule has 0 spiro atoms. The summed E-state index contributed by atoms with van der Waals surface area (Å²) in [5.41, 5.74) is 0.323. The highest BCUT2D eigenvalue weighted by Crippen LogP contribution is 2.18. The Bertz CT molecular complexity index is 308. The van der Waals surface area contributed by atoms with Crippen molar-refractivity contribution >= 4 is 17.7 Å². The van der Waals surface area contributed by atoms with Gasteiger partial charge in [-0.15, -0.1) is 11.8 Å². The lowest BCUT2D eigenvalue weighted by Crippen LogP contribution is -1.97. The van der Waals surface area contributed by atoms with Crippen molar-refractivity contribution in [1.29, 1.82) is 0 Å². The van der Waals surface area contributed by atoms with Gasteiger partial charge >= 0.3 is 5.97 Å². The first kappa shape index (κ1) is 12.1. The van der Waals surface area contributed by atoms with Crippen molar-refractivity contribution in [3.8, 4) is 0 Å². The lowest BCUT2D eigenvalue weighted by atomic mass is 10.2. The number of rotatable bonds is 6. The van der Waals surface area contributed by atoms with E-state index in [1.807, 2.05) is 19.1 Å². The predicted octanol–water partition coefficient (Wildman–Crippen LogP) is 2.51. The number of aromatic carboxylic acids is 1. The van der Waals surface area contributed by atoms with Crippen molar-refractivity contribution < 1.29 is 14.6 Å². The molecule has 0 aliphatic heterocycles. The smallest absolute Gasteiger partial charge is 0.335 e. The zero-order valence-electron chi connectivity index (χ0n) is 8.60. The fraction of sp³-hybridized carbons (Fsp3) is 0.364. The minimum atomic E-state index is -0.888. The van der Waals surface area contributed by atoms with Crippen LogP contribution >= 0.6 is 11.8 Å². The summed E-state index contributed by atoms with van der Waals surface area (Å²) in [6, 6.07) is 6.87. The summed E-state index contributed by atoms with van der Waals surface area (Å²) < 4.78 is 5.20. The molecule has 0 radical (unpaired) electrons. The Hall–Kier alpha value is -1.00. The summed E-state index contributed by atoms with van der Waals surface area (Å²) in [5, 5.41) is 8.69. The largest absolute Gasteiger partial charge is 0.478 e. The topological polar surface area (TPSA) is 46.5 Å². The number of carbonyl (C=O) groups is 1. The van der Waals surface area contributed by atoms with E-state index in [0.717, 1.165) is 23.9 Å². The van der Waals surface area contributed by atoms with Crippen LogP contribution in [0.15, 0.2) is 29.2 Å². The number of ether oxygens (including phenoxy) is 1. The Labute approximate surface area is 93.4 Å². The Kier molecular flexibility index (Phi) is 5.21. The molecule has 0 fully saturated rings. The van der Waals surface area contributed by atoms with Gasteiger partial charge in [0.2, 0.25) is 0 Å². The number of carboxylic acid groups (broad SMARTS) is 1. The number of benzene rings is 1. The van der Waals surface area contributed by atoms with Crippen LogP contribution in [0.4, 0.5) is 0 Å². The van der Waals surface area contributed by atoms with Gasteiger partial charge in [-0.3, -0.25) is 0 Å². The predicted molar refractivity (Wildman–Crippen MR) is 60.6 cm³/mol. The van der Waals surface area contributed by atoms with Gasteiger partial charge in [-0.2, -0.15) is 0 Å². The third-order valence-corrected chi connectivity index (χ3v) is 2.78. The van der Waals surface area contributed by atoms with Gasteiger partial charge in [-0.1, -0.05) is 0 Å². The zero-order valence-corrected chi connectivity index (χ0v) is 9.42. The molecule has 0 unspecified atom stereocenters. The first-order valence-corrected chi connectivity index (χ1v) is 5.76. The zero-order chi connectivity index (χ0) is 11.1. The summed E-state index contributed by atoms with van der Waals surface area (Å²) in [7, 11) is 0. The van der Waals surface area contributed by atoms with Crippen LogP contribution in [0.3, 0.4) is 0 Å². The molecule has 0 heterocycles. The summed E-state index contributed by atoms with van der Waals surface area (Å²) in [5.74, 6) is 0.00106. The van der Waals surface area contributed by atoms with Crippen LogP contribution in [0.2, 0.25) is 0 Å². The molecule has 0 amide bonds. The summed E-state index contributed by atoms with van der Waals surface area (Å²) in [6.07, 6.45) is 0. The summed E-state index contributed by atoms with van der Waals surface area (Å²) in [6.45, 7) is 3.42. The first-order valence-electron chi connectivity index (χ1n) is 4.78. The average molecular weight is 226 g/mol. The molecular formula is C11H14O3S. The lowest BCUT2D eigenvalue weighted by Gasteiger charge is -2.02. The van der Waals surface area contributed by atoms with Gasteiger partial charge in [0.05, 0.1) is 12.2 Å². The van der Waals surface area contributed by atoms with Gasteiger partial charge in [-0.05, 0) is 31.2 Å². The highest BCUT2D eigenvalue weighted by molar-refractivity contribution is 7.99. The Morgan fingerprint density at radius 2 is 2.07 bits per heavy atom. The first-order chi connectivity index (χ1) is 7.24. The van der Waals surface area contributed by atoms with Gasteiger partial charge in [0.15, 0.2) is 0 Å². The number of carboxylic acids is 1. The van der Waals surface area contributed by atoms with E-state index < -0.39 is 5.97 Å². The van der Waals surface area contributed by atoms with E-state index in [-0.39, 0.29) is 0 Å². The highest BCUT2D eigenvalue weighted by atomic mass is 32.2. The fourth-order valence-corrected chi connectivity index (χ4v) is 1.82. The van der Waals surface area contributed by atoms with Crippen molar-refractivity contribution in [3.63, 3.8) is 0 Å². The van der Waals surface area contributed by atoms with Gasteiger partial charge in [0, 0.05) is 17.3 Å². The molecule has 4 heteroatoms. The Morgan fingerprint density at radius 3 is 2.60 bits per heavy atom. The highest BCUT2D eigenvalue weighted by Gasteiger charge is 2.01. The SMILES string of the molecule is CCOCCSc1ccc(C(=O)O)cc1. The second kappa shape index (κ2) is 6.48. The van der Waals surface area contributed by atoms with Gasteiger partial charge in [0.25, 0.3) is 0 Å². The lowest BCUT2D eigenvalue weighted by molar-refractivity contribution is 0.0697. The minimum absolute atomic E-state index is 0.323. The van der Waals surface area contributed by atoms with E-state index in [1.54, 1.807) is 23.9 Å². The molecule has 0 aliphatic carbocycles. The number of hydrogen-bond donors (Lipinski definition) is 1. The van der Waals surface area contributed by atoms with Gasteiger partial charge in [0.1, 0.15) is 0 Å². The summed E-state index contributed by atoms with van der Waals surface area (Å²) in [4.78, 5) is 11.7. The molecule has 0 aliphatic rings. The van der Waals surface area contributed by atoms with E-state index in [2.05, 4.69) is 0 Å². The van der Waals surface area contributed by atoms with Gasteiger partial charge in [-0.25, -0.2) is 4.79 Å². The van der Waals surface area contributed by atoms with Crippen LogP contribution < -0.4 is 0 Å². The van der Waals surface area contributed by atoms with E-state index in [4.69, 9.17) is 9.84 Å². The molecular weight excluding hydrogens is 212 g/mol. The third-order valence-electron chi connectivity index (χ3n) is 1.80. The number of hydrogen-bond acceptors (Lipinski definition) is 3. The van der Waals surface area contributed by atoms with Crippen molar-refractivity contribution in [1.82, 2.24) is 0 Å². The minimum Gasteiger partial charge on any atom is -0.478 e. The van der Waals surface area contributed by atoms with Crippen molar-refractivity contribution in [2.75, 3.05) is 19.0 Å². The van der Waals surface area contributed by atoms with E-state index >= 15 is 0 Å². The van der Waals surface area contributed by atoms with Crippen LogP contribution in [-0.2, 0) is 4.74 Å². The van der Waals surface area contributed by atoms with Crippen LogP contribution in [0.25, 0.3) is 0 Å². The maximum atomic E-state index is 10.6. The molecule has 0 atom stereocenters. The average Bonchev–Trinajstić information content (AvgIpc) is 2.25. The van der Waals surface area contributed by atoms with E-state index in [1.165, 1.54) is 0 Å². The molecule has 82 valence electrons. The Balaban J connectivity index is 2.39. The fourth-order valence-electron chi connectivity index (χ4n) is 1.06. The van der Waals surface area contributed by atoms with Crippen molar-refractivity contribution in [3.05, 3.63) is 29.8 Å². The molecule has 1 rings (SSSR count). The molecule has 15 heavy (non-hydrogen) atoms. The van der Waals surface area contributed by atoms with Crippen molar-refractivity contribution in [2.24, 2.45) is 0 Å². The molecule has 1 aromatic rings. The maximum absolute atomic E-state index is 10.6. The van der Waals surface area contributed by atoms with Crippen LogP contribution in [-0.4, -0.2) is 30.0 Å². The normalized spacial score (nSPS) is 10.2. The monoisotopic (exact) mass is 226 g/mol. The van der Waals surface area contributed by atoms with E-state index in [0.29, 0.717) is 5.56 Å². The molecule has 0 bridgehead atoms. The molecule has 1 N–H and O–H groups in total. The molecule has 0 saturated carbocycles. The quantitative estimate of drug-likeness (QED) is 0.598. The van der Waals surface area contributed by atoms with E-state index in [9.17, 15) is 4.79 Å². The van der Waals surface area contributed by atoms with Crippen LogP contribution in [0, 0.1) is 0 Å². The van der Waals surface area contributed by atoms with Gasteiger partial charge < -0.3 is 9.84 Å². The molecule has 0 aromatic heterocycles. The molecule has 3 nitrogen and oxygen atoms in total. The third kappa shape index (κ3) is 4.36. The molecule has 1 aromatic carbocycles. The standard InChI is InChI=1S/C11H14O3S/c1-2-14-7-8-15-10-5-3-9(4-6-10)11(12)13/h3-6H,2,7-8H2,1H3,(H,12,13). The second-order valence-electron chi connectivity index (χ2n) is 2.87. The molecule has 0 saturated heterocycles. The number of thioether (sulfide) groups is 1. The second-order valence-corrected chi connectivity index (χ2v) is 4.04. The summed E-state index contributed by atoms with van der Waals surface area (Å²) >= 11 is 1.66. The maximum Gasteiger partial charge on any atom is 0.335 e. The van der Waals surface area contributed by atoms with Crippen molar-refractivity contribution in [2.45, 2.75) is 11.8 Å². The van der Waals surface area contributed by atoms with Crippen LogP contribution in [0.1, 0.15) is 17.3 Å². The Morgan fingerprint density at radius 1 is 1.40 bits per heavy atom. The van der Waals surface area contributed by atoms with Crippen LogP contribution in [0.5, 0.6) is 0 Å².